The molecule has 4 heteroatoms. The first-order chi connectivity index (χ1) is 5.18. The van der Waals surface area contributed by atoms with Crippen LogP contribution in [0.15, 0.2) is 11.6 Å². The van der Waals surface area contributed by atoms with Gasteiger partial charge in [-0.25, -0.2) is 4.79 Å². The third-order valence-electron chi connectivity index (χ3n) is 0.955. The molecule has 0 saturated heterocycles. The molecule has 0 aliphatic rings. The molecule has 3 N–H and O–H groups in total. The minimum absolute atomic E-state index is 0.362. The molecule has 0 bridgehead atoms. The first-order valence-corrected chi connectivity index (χ1v) is 3.92. The number of halogens is 1. The topological polar surface area (TPSA) is 63.3 Å². The fourth-order valence-electron chi connectivity index (χ4n) is 0.387. The van der Waals surface area contributed by atoms with Gasteiger partial charge in [-0.1, -0.05) is 6.08 Å². The van der Waals surface area contributed by atoms with Crippen LogP contribution in [0, 0.1) is 0 Å². The Morgan fingerprint density at radius 2 is 2.09 bits per heavy atom. The second-order valence-corrected chi connectivity index (χ2v) is 1.77. The summed E-state index contributed by atoms with van der Waals surface area (Å²) in [6, 6.07) is 0. The average molecular weight is 180 g/mol. The number of alkyl halides is 1. The van der Waals surface area contributed by atoms with E-state index in [0.29, 0.717) is 18.5 Å². The Hall–Kier alpha value is -0.540. The Balaban J connectivity index is 0. The lowest BCUT2D eigenvalue weighted by molar-refractivity contribution is -0.132. The van der Waals surface area contributed by atoms with Crippen molar-refractivity contribution in [3.05, 3.63) is 11.6 Å². The lowest BCUT2D eigenvalue weighted by Crippen LogP contribution is -1.99. The molecule has 0 aromatic rings. The summed E-state index contributed by atoms with van der Waals surface area (Å²) in [7, 11) is 0. The molecule has 0 saturated carbocycles. The van der Waals surface area contributed by atoms with E-state index in [2.05, 4.69) is 11.6 Å². The lowest BCUT2D eigenvalue weighted by atomic mass is 10.2. The maximum Gasteiger partial charge on any atom is 0.330 e. The quantitative estimate of drug-likeness (QED) is 0.506. The summed E-state index contributed by atoms with van der Waals surface area (Å²) in [5.74, 6) is -0.872. The van der Waals surface area contributed by atoms with Crippen molar-refractivity contribution in [1.29, 1.82) is 0 Å². The monoisotopic (exact) mass is 179 g/mol. The van der Waals surface area contributed by atoms with Crippen LogP contribution in [0.2, 0.25) is 0 Å². The van der Waals surface area contributed by atoms with Gasteiger partial charge in [0.25, 0.3) is 0 Å². The van der Waals surface area contributed by atoms with Crippen molar-refractivity contribution in [3.8, 4) is 0 Å². The molecule has 0 unspecified atom stereocenters. The van der Waals surface area contributed by atoms with E-state index in [4.69, 9.17) is 10.8 Å². The van der Waals surface area contributed by atoms with Gasteiger partial charge in [0, 0.05) is 12.0 Å². The largest absolute Gasteiger partial charge is 0.478 e. The third kappa shape index (κ3) is 9.46. The molecule has 0 amide bonds. The number of carbonyl (C=O) groups is 1. The van der Waals surface area contributed by atoms with Crippen molar-refractivity contribution in [1.82, 2.24) is 0 Å². The number of carboxylic acid groups (broad SMARTS) is 1. The molecule has 0 radical (unpaired) electrons. The smallest absolute Gasteiger partial charge is 0.330 e. The van der Waals surface area contributed by atoms with Crippen LogP contribution in [0.25, 0.3) is 0 Å². The Bertz CT molecular complexity index is 134. The molecule has 0 spiro atoms. The van der Waals surface area contributed by atoms with Crippen molar-refractivity contribution < 1.29 is 9.90 Å². The molecule has 0 heterocycles. The first-order valence-electron chi connectivity index (χ1n) is 3.16. The van der Waals surface area contributed by atoms with Crippen molar-refractivity contribution >= 4 is 17.6 Å². The van der Waals surface area contributed by atoms with Crippen molar-refractivity contribution in [3.63, 3.8) is 0 Å². The zero-order valence-corrected chi connectivity index (χ0v) is 7.56. The second kappa shape index (κ2) is 9.46. The van der Waals surface area contributed by atoms with Crippen LogP contribution in [-0.2, 0) is 4.79 Å². The van der Waals surface area contributed by atoms with Crippen molar-refractivity contribution in [2.75, 3.05) is 12.9 Å². The molecule has 0 aromatic heterocycles. The summed E-state index contributed by atoms with van der Waals surface area (Å²) >= 11 is 4.64. The highest BCUT2D eigenvalue weighted by atomic mass is 35.5. The van der Waals surface area contributed by atoms with Crippen LogP contribution in [-0.4, -0.2) is 24.0 Å². The van der Waals surface area contributed by atoms with E-state index in [-0.39, 0.29) is 0 Å². The van der Waals surface area contributed by atoms with Crippen LogP contribution in [0.3, 0.4) is 0 Å². The second-order valence-electron chi connectivity index (χ2n) is 1.77. The molecule has 0 aromatic carbocycles. The molecule has 66 valence electrons. The zero-order chi connectivity index (χ0) is 9.28. The fourth-order valence-corrected chi connectivity index (χ4v) is 0.387. The minimum Gasteiger partial charge on any atom is -0.478 e. The molecule has 3 nitrogen and oxygen atoms in total. The number of rotatable bonds is 3. The molecule has 0 aliphatic heterocycles. The van der Waals surface area contributed by atoms with Crippen LogP contribution in [0.5, 0.6) is 0 Å². The van der Waals surface area contributed by atoms with Crippen LogP contribution in [0.4, 0.5) is 0 Å². The predicted molar refractivity (Wildman–Crippen MR) is 46.8 cm³/mol. The van der Waals surface area contributed by atoms with Gasteiger partial charge in [0.1, 0.15) is 0 Å². The van der Waals surface area contributed by atoms with Gasteiger partial charge in [0.15, 0.2) is 0 Å². The predicted octanol–water partition coefficient (Wildman–Crippen LogP) is 1.22. The van der Waals surface area contributed by atoms with Gasteiger partial charge in [0.2, 0.25) is 0 Å². The van der Waals surface area contributed by atoms with E-state index in [9.17, 15) is 4.79 Å². The SMILES string of the molecule is CC(=CCCN)C(=O)O.CCl. The van der Waals surface area contributed by atoms with Crippen molar-refractivity contribution in [2.24, 2.45) is 5.73 Å². The highest BCUT2D eigenvalue weighted by Crippen LogP contribution is 1.92. The van der Waals surface area contributed by atoms with E-state index in [0.717, 1.165) is 0 Å². The molecule has 0 atom stereocenters. The van der Waals surface area contributed by atoms with Gasteiger partial charge in [-0.15, -0.1) is 11.6 Å². The number of hydrogen-bond acceptors (Lipinski definition) is 2. The number of hydrogen-bond donors (Lipinski definition) is 2. The standard InChI is InChI=1S/C6H11NO2.CH3Cl/c1-5(6(8)9)3-2-4-7;1-2/h3H,2,4,7H2,1H3,(H,8,9);1H3. The summed E-state index contributed by atoms with van der Waals surface area (Å²) in [5, 5.41) is 8.30. The van der Waals surface area contributed by atoms with E-state index < -0.39 is 5.97 Å². The van der Waals surface area contributed by atoms with Gasteiger partial charge < -0.3 is 10.8 Å². The molecular weight excluding hydrogens is 166 g/mol. The number of nitrogens with two attached hydrogens (primary N) is 1. The van der Waals surface area contributed by atoms with E-state index in [1.807, 2.05) is 0 Å². The van der Waals surface area contributed by atoms with Gasteiger partial charge in [-0.2, -0.15) is 0 Å². The summed E-state index contributed by atoms with van der Waals surface area (Å²) in [4.78, 5) is 10.1. The van der Waals surface area contributed by atoms with Gasteiger partial charge in [0.05, 0.1) is 0 Å². The van der Waals surface area contributed by atoms with Gasteiger partial charge >= 0.3 is 5.97 Å². The highest BCUT2D eigenvalue weighted by Gasteiger charge is 1.95. The summed E-state index contributed by atoms with van der Waals surface area (Å²) in [5.41, 5.74) is 5.50. The Kier molecular flexibility index (Phi) is 11.2. The maximum atomic E-state index is 10.1. The summed E-state index contributed by atoms with van der Waals surface area (Å²) < 4.78 is 0. The van der Waals surface area contributed by atoms with E-state index in [1.165, 1.54) is 6.38 Å². The van der Waals surface area contributed by atoms with Crippen LogP contribution in [0.1, 0.15) is 13.3 Å². The van der Waals surface area contributed by atoms with Gasteiger partial charge in [-0.05, 0) is 19.9 Å². The molecule has 11 heavy (non-hydrogen) atoms. The molecular formula is C7H14ClNO2. The van der Waals surface area contributed by atoms with Crippen LogP contribution >= 0.6 is 11.6 Å². The van der Waals surface area contributed by atoms with Crippen LogP contribution < -0.4 is 5.73 Å². The Morgan fingerprint density at radius 1 is 1.64 bits per heavy atom. The molecule has 0 fully saturated rings. The average Bonchev–Trinajstić information content (AvgIpc) is 2.03. The number of carboxylic acids is 1. The van der Waals surface area contributed by atoms with E-state index >= 15 is 0 Å². The molecule has 0 aliphatic carbocycles. The number of aliphatic carboxylic acids is 1. The summed E-state index contributed by atoms with van der Waals surface area (Å²) in [6.07, 6.45) is 3.72. The third-order valence-corrected chi connectivity index (χ3v) is 0.955. The Labute approximate surface area is 71.8 Å². The van der Waals surface area contributed by atoms with Crippen molar-refractivity contribution in [2.45, 2.75) is 13.3 Å². The molecule has 0 rings (SSSR count). The van der Waals surface area contributed by atoms with Gasteiger partial charge in [-0.3, -0.25) is 0 Å². The van der Waals surface area contributed by atoms with E-state index in [1.54, 1.807) is 13.0 Å². The maximum absolute atomic E-state index is 10.1. The minimum atomic E-state index is -0.872. The first kappa shape index (κ1) is 13.1. The zero-order valence-electron chi connectivity index (χ0n) is 6.80. The lowest BCUT2D eigenvalue weighted by Gasteiger charge is -1.89. The highest BCUT2D eigenvalue weighted by molar-refractivity contribution is 6.15. The fraction of sp³-hybridized carbons (Fsp3) is 0.571. The Morgan fingerprint density at radius 3 is 2.36 bits per heavy atom. The normalized spacial score (nSPS) is 10.0. The summed E-state index contributed by atoms with van der Waals surface area (Å²) in [6.45, 7) is 2.06.